The van der Waals surface area contributed by atoms with Crippen molar-refractivity contribution >= 4 is 5.97 Å². The molecule has 0 bridgehead atoms. The summed E-state index contributed by atoms with van der Waals surface area (Å²) in [4.78, 5) is 12.5. The van der Waals surface area contributed by atoms with Crippen LogP contribution in [0, 0.1) is 0 Å². The lowest BCUT2D eigenvalue weighted by Crippen LogP contribution is -2.62. The lowest BCUT2D eigenvalue weighted by Gasteiger charge is -2.44. The molecule has 1 N–H and O–H groups in total. The Hall–Kier alpha value is -3.07. The second kappa shape index (κ2) is 16.3. The Kier molecular flexibility index (Phi) is 12.2. The molecule has 1 saturated heterocycles. The van der Waals surface area contributed by atoms with Gasteiger partial charge in [0, 0.05) is 6.61 Å². The van der Waals surface area contributed by atoms with Crippen LogP contribution in [0.1, 0.15) is 49.3 Å². The van der Waals surface area contributed by atoms with E-state index in [0.29, 0.717) is 13.2 Å². The first-order valence-electron chi connectivity index (χ1n) is 14.1. The molecule has 1 aliphatic rings. The molecular weight excluding hydrogens is 508 g/mol. The molecule has 4 rings (SSSR count). The van der Waals surface area contributed by atoms with Gasteiger partial charge in [-0.1, -0.05) is 117 Å². The monoisotopic (exact) mass is 548 g/mol. The zero-order valence-electron chi connectivity index (χ0n) is 23.1. The van der Waals surface area contributed by atoms with Gasteiger partial charge in [0.1, 0.15) is 18.3 Å². The third kappa shape index (κ3) is 8.98. The molecular formula is C33H40O7. The lowest BCUT2D eigenvalue weighted by molar-refractivity contribution is -0.319. The minimum atomic E-state index is -1.29. The molecule has 40 heavy (non-hydrogen) atoms. The summed E-state index contributed by atoms with van der Waals surface area (Å²) in [7, 11) is 0. The first-order valence-corrected chi connectivity index (χ1v) is 14.1. The molecule has 1 heterocycles. The molecule has 0 radical (unpaired) electrons. The number of carboxylic acids is 1. The van der Waals surface area contributed by atoms with Gasteiger partial charge in [0.15, 0.2) is 12.4 Å². The summed E-state index contributed by atoms with van der Waals surface area (Å²) in [5, 5.41) is 10.2. The Morgan fingerprint density at radius 2 is 1.12 bits per heavy atom. The van der Waals surface area contributed by atoms with E-state index in [1.54, 1.807) is 0 Å². The number of benzene rings is 3. The molecule has 5 atom stereocenters. The zero-order chi connectivity index (χ0) is 28.0. The number of ether oxygens (including phenoxy) is 5. The quantitative estimate of drug-likeness (QED) is 0.215. The van der Waals surface area contributed by atoms with Gasteiger partial charge in [-0.3, -0.25) is 0 Å². The minimum absolute atomic E-state index is 0.206. The van der Waals surface area contributed by atoms with Gasteiger partial charge in [-0.05, 0) is 23.1 Å². The number of hydrogen-bond acceptors (Lipinski definition) is 6. The maximum absolute atomic E-state index is 12.5. The highest BCUT2D eigenvalue weighted by Crippen LogP contribution is 2.31. The summed E-state index contributed by atoms with van der Waals surface area (Å²) in [6.07, 6.45) is -0.529. The fourth-order valence-corrected chi connectivity index (χ4v) is 4.72. The Morgan fingerprint density at radius 1 is 0.650 bits per heavy atom. The molecule has 0 spiro atoms. The van der Waals surface area contributed by atoms with Crippen LogP contribution in [0.25, 0.3) is 0 Å². The maximum atomic E-state index is 12.5. The van der Waals surface area contributed by atoms with Crippen molar-refractivity contribution in [1.29, 1.82) is 0 Å². The van der Waals surface area contributed by atoms with Crippen LogP contribution in [0.4, 0.5) is 0 Å². The summed E-state index contributed by atoms with van der Waals surface area (Å²) in [5.41, 5.74) is 2.86. The van der Waals surface area contributed by atoms with E-state index in [1.165, 1.54) is 0 Å². The lowest BCUT2D eigenvalue weighted by atomic mass is 9.97. The topological polar surface area (TPSA) is 83.5 Å². The summed E-state index contributed by atoms with van der Waals surface area (Å²) < 4.78 is 31.4. The summed E-state index contributed by atoms with van der Waals surface area (Å²) in [5.74, 6) is -1.13. The van der Waals surface area contributed by atoms with E-state index in [1.807, 2.05) is 91.0 Å². The van der Waals surface area contributed by atoms with Gasteiger partial charge in [-0.25, -0.2) is 4.79 Å². The molecule has 7 nitrogen and oxygen atoms in total. The second-order valence-electron chi connectivity index (χ2n) is 9.98. The Bertz CT molecular complexity index is 1110. The van der Waals surface area contributed by atoms with Crippen LogP contribution in [-0.2, 0) is 48.3 Å². The van der Waals surface area contributed by atoms with Crippen molar-refractivity contribution in [2.75, 3.05) is 6.61 Å². The van der Waals surface area contributed by atoms with Gasteiger partial charge in [0.25, 0.3) is 0 Å². The number of carbonyl (C=O) groups is 1. The largest absolute Gasteiger partial charge is 0.479 e. The highest BCUT2D eigenvalue weighted by atomic mass is 16.7. The molecule has 0 aliphatic carbocycles. The minimum Gasteiger partial charge on any atom is -0.479 e. The summed E-state index contributed by atoms with van der Waals surface area (Å²) in [6.45, 7) is 3.34. The summed E-state index contributed by atoms with van der Waals surface area (Å²) >= 11 is 0. The molecule has 1 aliphatic heterocycles. The smallest absolute Gasteiger partial charge is 0.335 e. The molecule has 0 amide bonds. The van der Waals surface area contributed by atoms with Gasteiger partial charge in [-0.15, -0.1) is 0 Å². The van der Waals surface area contributed by atoms with E-state index < -0.39 is 36.7 Å². The number of carboxylic acid groups (broad SMARTS) is 1. The van der Waals surface area contributed by atoms with Crippen molar-refractivity contribution in [3.8, 4) is 0 Å². The Balaban J connectivity index is 1.60. The molecule has 7 heteroatoms. The van der Waals surface area contributed by atoms with Crippen molar-refractivity contribution in [2.45, 2.75) is 83.1 Å². The fourth-order valence-electron chi connectivity index (χ4n) is 4.72. The Labute approximate surface area is 237 Å². The van der Waals surface area contributed by atoms with E-state index in [0.717, 1.165) is 42.4 Å². The number of unbranched alkanes of at least 4 members (excludes halogenated alkanes) is 3. The van der Waals surface area contributed by atoms with Crippen molar-refractivity contribution in [2.24, 2.45) is 0 Å². The van der Waals surface area contributed by atoms with Crippen molar-refractivity contribution in [3.63, 3.8) is 0 Å². The number of rotatable bonds is 16. The van der Waals surface area contributed by atoms with Crippen LogP contribution in [0.2, 0.25) is 0 Å². The van der Waals surface area contributed by atoms with Gasteiger partial charge >= 0.3 is 5.97 Å². The van der Waals surface area contributed by atoms with E-state index in [4.69, 9.17) is 23.7 Å². The van der Waals surface area contributed by atoms with Gasteiger partial charge in [-0.2, -0.15) is 0 Å². The van der Waals surface area contributed by atoms with Crippen molar-refractivity contribution < 1.29 is 33.6 Å². The van der Waals surface area contributed by atoms with Crippen LogP contribution in [-0.4, -0.2) is 48.4 Å². The highest BCUT2D eigenvalue weighted by Gasteiger charge is 2.51. The molecule has 1 fully saturated rings. The molecule has 3 aromatic carbocycles. The van der Waals surface area contributed by atoms with E-state index in [-0.39, 0.29) is 13.2 Å². The van der Waals surface area contributed by atoms with Gasteiger partial charge in [0.05, 0.1) is 19.8 Å². The SMILES string of the molecule is CCCCCCOC1OC(C(=O)O)C(OCc2ccccc2)C(OCc2ccccc2)C1OCc1ccccc1. The third-order valence-corrected chi connectivity index (χ3v) is 6.87. The van der Waals surface area contributed by atoms with Crippen LogP contribution in [0.15, 0.2) is 91.0 Å². The predicted molar refractivity (Wildman–Crippen MR) is 151 cm³/mol. The predicted octanol–water partition coefficient (Wildman–Crippen LogP) is 6.15. The summed E-state index contributed by atoms with van der Waals surface area (Å²) in [6, 6.07) is 29.2. The third-order valence-electron chi connectivity index (χ3n) is 6.87. The standard InChI is InChI=1S/C33H40O7/c1-2-3-4-14-21-36-33-31(39-24-27-19-12-7-13-20-27)29(38-23-26-17-10-6-11-18-26)28(30(40-33)32(34)35)37-22-25-15-8-5-9-16-25/h5-13,15-20,28-31,33H,2-4,14,21-24H2,1H3,(H,34,35). The van der Waals surface area contributed by atoms with Gasteiger partial charge < -0.3 is 28.8 Å². The average molecular weight is 549 g/mol. The second-order valence-corrected chi connectivity index (χ2v) is 9.98. The highest BCUT2D eigenvalue weighted by molar-refractivity contribution is 5.73. The molecule has 5 unspecified atom stereocenters. The number of aliphatic carboxylic acids is 1. The van der Waals surface area contributed by atoms with Crippen molar-refractivity contribution in [1.82, 2.24) is 0 Å². The van der Waals surface area contributed by atoms with Gasteiger partial charge in [0.2, 0.25) is 0 Å². The first kappa shape index (κ1) is 29.9. The maximum Gasteiger partial charge on any atom is 0.335 e. The molecule has 214 valence electrons. The van der Waals surface area contributed by atoms with E-state index >= 15 is 0 Å². The molecule has 3 aromatic rings. The van der Waals surface area contributed by atoms with Crippen LogP contribution in [0.5, 0.6) is 0 Å². The normalized spacial score (nSPS) is 22.7. The van der Waals surface area contributed by atoms with Crippen LogP contribution in [0.3, 0.4) is 0 Å². The molecule has 0 saturated carbocycles. The fraction of sp³-hybridized carbons (Fsp3) is 0.424. The van der Waals surface area contributed by atoms with Crippen LogP contribution < -0.4 is 0 Å². The molecule has 0 aromatic heterocycles. The zero-order valence-corrected chi connectivity index (χ0v) is 23.1. The first-order chi connectivity index (χ1) is 19.7. The van der Waals surface area contributed by atoms with Crippen LogP contribution >= 0.6 is 0 Å². The number of hydrogen-bond donors (Lipinski definition) is 1. The van der Waals surface area contributed by atoms with E-state index in [2.05, 4.69) is 6.92 Å². The van der Waals surface area contributed by atoms with Crippen molar-refractivity contribution in [3.05, 3.63) is 108 Å². The van der Waals surface area contributed by atoms with E-state index in [9.17, 15) is 9.90 Å². The Morgan fingerprint density at radius 3 is 1.60 bits per heavy atom. The average Bonchev–Trinajstić information content (AvgIpc) is 2.99.